The summed E-state index contributed by atoms with van der Waals surface area (Å²) >= 11 is 3.62. The van der Waals surface area contributed by atoms with Crippen LogP contribution < -0.4 is 10.1 Å². The van der Waals surface area contributed by atoms with Crippen molar-refractivity contribution in [3.8, 4) is 5.75 Å². The minimum atomic E-state index is -0.372. The lowest BCUT2D eigenvalue weighted by Gasteiger charge is -2.29. The molecule has 1 aliphatic heterocycles. The number of ether oxygens (including phenoxy) is 1. The van der Waals surface area contributed by atoms with Crippen LogP contribution in [0.25, 0.3) is 0 Å². The highest BCUT2D eigenvalue weighted by Gasteiger charge is 2.31. The number of aromatic nitrogens is 1. The molecule has 0 spiro atoms. The standard InChI is InChI=1S/C19H22N2O2S2/c1-12-11-24-19(20-12)25-15-8-6-14(7-9-15)21-18(22)17-10-13-4-2-3-5-16(13)23-17/h2-5,11,14-15,17H,6-10H2,1H3,(H,21,22). The second-order valence-corrected chi connectivity index (χ2v) is 9.18. The van der Waals surface area contributed by atoms with Crippen molar-refractivity contribution in [2.45, 2.75) is 60.8 Å². The van der Waals surface area contributed by atoms with Gasteiger partial charge in [0.2, 0.25) is 0 Å². The van der Waals surface area contributed by atoms with Gasteiger partial charge in [-0.25, -0.2) is 4.98 Å². The highest BCUT2D eigenvalue weighted by Crippen LogP contribution is 2.35. The van der Waals surface area contributed by atoms with Crippen LogP contribution in [0, 0.1) is 6.92 Å². The van der Waals surface area contributed by atoms with E-state index in [9.17, 15) is 4.79 Å². The Kier molecular flexibility index (Phi) is 4.99. The number of thioether (sulfide) groups is 1. The van der Waals surface area contributed by atoms with Gasteiger partial charge in [0.1, 0.15) is 10.1 Å². The Balaban J connectivity index is 1.24. The number of rotatable bonds is 4. The number of aryl methyl sites for hydroxylation is 1. The molecule has 4 nitrogen and oxygen atoms in total. The van der Waals surface area contributed by atoms with E-state index in [2.05, 4.69) is 15.7 Å². The van der Waals surface area contributed by atoms with E-state index in [-0.39, 0.29) is 18.1 Å². The molecule has 1 atom stereocenters. The summed E-state index contributed by atoms with van der Waals surface area (Å²) in [6, 6.07) is 8.18. The molecule has 6 heteroatoms. The summed E-state index contributed by atoms with van der Waals surface area (Å²) in [5, 5.41) is 5.92. The van der Waals surface area contributed by atoms with Crippen LogP contribution in [0.4, 0.5) is 0 Å². The number of benzene rings is 1. The third-order valence-electron chi connectivity index (χ3n) is 4.83. The maximum atomic E-state index is 12.5. The van der Waals surface area contributed by atoms with Crippen LogP contribution in [0.3, 0.4) is 0 Å². The Hall–Kier alpha value is -1.53. The zero-order valence-corrected chi connectivity index (χ0v) is 15.9. The van der Waals surface area contributed by atoms with Crippen LogP contribution in [-0.4, -0.2) is 28.3 Å². The Labute approximate surface area is 156 Å². The number of nitrogens with one attached hydrogen (secondary N) is 1. The Morgan fingerprint density at radius 1 is 1.28 bits per heavy atom. The average Bonchev–Trinajstić information content (AvgIpc) is 3.22. The SMILES string of the molecule is Cc1csc(SC2CCC(NC(=O)C3Cc4ccccc4O3)CC2)n1. The van der Waals surface area contributed by atoms with Crippen molar-refractivity contribution in [3.05, 3.63) is 40.9 Å². The molecule has 0 bridgehead atoms. The van der Waals surface area contributed by atoms with Crippen molar-refractivity contribution in [2.75, 3.05) is 0 Å². The summed E-state index contributed by atoms with van der Waals surface area (Å²) < 4.78 is 6.96. The molecular formula is C19H22N2O2S2. The van der Waals surface area contributed by atoms with Crippen LogP contribution in [0.1, 0.15) is 36.9 Å². The number of hydrogen-bond acceptors (Lipinski definition) is 5. The number of hydrogen-bond donors (Lipinski definition) is 1. The molecule has 1 aliphatic carbocycles. The molecule has 1 fully saturated rings. The number of para-hydroxylation sites is 1. The molecule has 0 saturated heterocycles. The molecule has 132 valence electrons. The van der Waals surface area contributed by atoms with E-state index >= 15 is 0 Å². The molecule has 0 radical (unpaired) electrons. The quantitative estimate of drug-likeness (QED) is 0.880. The molecule has 1 aromatic heterocycles. The second kappa shape index (κ2) is 7.38. The van der Waals surface area contributed by atoms with Gasteiger partial charge in [-0.2, -0.15) is 0 Å². The number of nitrogens with zero attached hydrogens (tertiary/aromatic N) is 1. The minimum Gasteiger partial charge on any atom is -0.480 e. The monoisotopic (exact) mass is 374 g/mol. The highest BCUT2D eigenvalue weighted by molar-refractivity contribution is 8.01. The lowest BCUT2D eigenvalue weighted by molar-refractivity contribution is -0.128. The number of fused-ring (bicyclic) bond motifs is 1. The van der Waals surface area contributed by atoms with E-state index in [0.29, 0.717) is 11.7 Å². The van der Waals surface area contributed by atoms with Gasteiger partial charge in [0.25, 0.3) is 5.91 Å². The zero-order valence-electron chi connectivity index (χ0n) is 14.2. The van der Waals surface area contributed by atoms with Crippen LogP contribution in [0.5, 0.6) is 5.75 Å². The van der Waals surface area contributed by atoms with E-state index in [1.54, 1.807) is 11.3 Å². The van der Waals surface area contributed by atoms with Crippen LogP contribution in [-0.2, 0) is 11.2 Å². The molecular weight excluding hydrogens is 352 g/mol. The summed E-state index contributed by atoms with van der Waals surface area (Å²) in [4.78, 5) is 17.0. The Bertz CT molecular complexity index is 728. The van der Waals surface area contributed by atoms with Gasteiger partial charge in [0.05, 0.1) is 0 Å². The van der Waals surface area contributed by atoms with Crippen LogP contribution >= 0.6 is 23.1 Å². The molecule has 1 aromatic carbocycles. The first kappa shape index (κ1) is 16.9. The van der Waals surface area contributed by atoms with Gasteiger partial charge in [0, 0.05) is 28.8 Å². The van der Waals surface area contributed by atoms with E-state index in [1.807, 2.05) is 43.0 Å². The largest absolute Gasteiger partial charge is 0.480 e. The van der Waals surface area contributed by atoms with Gasteiger partial charge in [-0.05, 0) is 44.2 Å². The Morgan fingerprint density at radius 3 is 2.80 bits per heavy atom. The van der Waals surface area contributed by atoms with Crippen molar-refractivity contribution < 1.29 is 9.53 Å². The summed E-state index contributed by atoms with van der Waals surface area (Å²) in [7, 11) is 0. The first-order valence-corrected chi connectivity index (χ1v) is 10.6. The summed E-state index contributed by atoms with van der Waals surface area (Å²) in [5.41, 5.74) is 2.23. The minimum absolute atomic E-state index is 0.0304. The third kappa shape index (κ3) is 4.01. The first-order valence-electron chi connectivity index (χ1n) is 8.81. The first-order chi connectivity index (χ1) is 12.2. The van der Waals surface area contributed by atoms with Gasteiger partial charge < -0.3 is 10.1 Å². The van der Waals surface area contributed by atoms with Gasteiger partial charge >= 0.3 is 0 Å². The highest BCUT2D eigenvalue weighted by atomic mass is 32.2. The predicted molar refractivity (Wildman–Crippen MR) is 101 cm³/mol. The van der Waals surface area contributed by atoms with E-state index in [4.69, 9.17) is 4.74 Å². The molecule has 1 N–H and O–H groups in total. The van der Waals surface area contributed by atoms with Crippen molar-refractivity contribution >= 4 is 29.0 Å². The molecule has 1 amide bonds. The van der Waals surface area contributed by atoms with Crippen molar-refractivity contribution in [2.24, 2.45) is 0 Å². The lowest BCUT2D eigenvalue weighted by Crippen LogP contribution is -2.44. The van der Waals surface area contributed by atoms with Crippen LogP contribution in [0.15, 0.2) is 34.0 Å². The molecule has 2 heterocycles. The lowest BCUT2D eigenvalue weighted by atomic mass is 9.94. The fourth-order valence-corrected chi connectivity index (χ4v) is 5.76. The number of carbonyl (C=O) groups excluding carboxylic acids is 1. The smallest absolute Gasteiger partial charge is 0.261 e. The van der Waals surface area contributed by atoms with Crippen LogP contribution in [0.2, 0.25) is 0 Å². The maximum Gasteiger partial charge on any atom is 0.261 e. The Morgan fingerprint density at radius 2 is 2.08 bits per heavy atom. The zero-order chi connectivity index (χ0) is 17.2. The topological polar surface area (TPSA) is 51.2 Å². The van der Waals surface area contributed by atoms with Gasteiger partial charge in [-0.15, -0.1) is 11.3 Å². The summed E-state index contributed by atoms with van der Waals surface area (Å²) in [5.74, 6) is 0.879. The van der Waals surface area contributed by atoms with Gasteiger partial charge in [0.15, 0.2) is 6.10 Å². The van der Waals surface area contributed by atoms with Gasteiger partial charge in [-0.1, -0.05) is 30.0 Å². The number of thiazole rings is 1. The molecule has 2 aliphatic rings. The maximum absolute atomic E-state index is 12.5. The van der Waals surface area contributed by atoms with Crippen molar-refractivity contribution in [1.82, 2.24) is 10.3 Å². The third-order valence-corrected chi connectivity index (χ3v) is 7.25. The number of amides is 1. The van der Waals surface area contributed by atoms with E-state index < -0.39 is 0 Å². The number of carbonyl (C=O) groups is 1. The predicted octanol–water partition coefficient (Wildman–Crippen LogP) is 3.97. The van der Waals surface area contributed by atoms with Crippen molar-refractivity contribution in [1.29, 1.82) is 0 Å². The fourth-order valence-electron chi connectivity index (χ4n) is 3.48. The molecule has 1 unspecified atom stereocenters. The molecule has 25 heavy (non-hydrogen) atoms. The normalized spacial score (nSPS) is 25.2. The second-order valence-electron chi connectivity index (χ2n) is 6.77. The van der Waals surface area contributed by atoms with Crippen molar-refractivity contribution in [3.63, 3.8) is 0 Å². The average molecular weight is 375 g/mol. The van der Waals surface area contributed by atoms with E-state index in [1.165, 1.54) is 4.34 Å². The van der Waals surface area contributed by atoms with Gasteiger partial charge in [-0.3, -0.25) is 4.79 Å². The fraction of sp³-hybridized carbons (Fsp3) is 0.474. The molecule has 4 rings (SSSR count). The summed E-state index contributed by atoms with van der Waals surface area (Å²) in [6.07, 6.45) is 4.63. The van der Waals surface area contributed by atoms with E-state index in [0.717, 1.165) is 42.7 Å². The summed E-state index contributed by atoms with van der Waals surface area (Å²) in [6.45, 7) is 2.04. The molecule has 1 saturated carbocycles. The molecule has 2 aromatic rings.